The molecule has 2 aliphatic rings. The fraction of sp³-hybridized carbons (Fsp3) is 0.737. The van der Waals surface area contributed by atoms with Gasteiger partial charge in [0.05, 0.1) is 0 Å². The third-order valence-electron chi connectivity index (χ3n) is 4.83. The molecule has 2 heteroatoms. The molecule has 0 aromatic heterocycles. The molecule has 0 aromatic carbocycles. The zero-order chi connectivity index (χ0) is 14.9. The molecule has 118 valence electrons. The largest absolute Gasteiger partial charge is 0.458 e. The second-order valence-electron chi connectivity index (χ2n) is 6.53. The van der Waals surface area contributed by atoms with Gasteiger partial charge >= 0.3 is 5.97 Å². The van der Waals surface area contributed by atoms with Crippen LogP contribution in [0.5, 0.6) is 0 Å². The van der Waals surface area contributed by atoms with Crippen molar-refractivity contribution in [2.75, 3.05) is 0 Å². The standard InChI is InChI=1S/C19H30O2/c1-16-17-14-12-10-8-6-4-2-3-5-7-9-11-13-15-18(17)21-19(16)20/h2,4,17-18H,1,3,5-15H2/b4-2+/t17-,18-/m0/s1. The number of allylic oxidation sites excluding steroid dienone is 2. The predicted octanol–water partition coefficient (Wildman–Crippen LogP) is 5.34. The summed E-state index contributed by atoms with van der Waals surface area (Å²) in [5.41, 5.74) is 0.723. The van der Waals surface area contributed by atoms with Crippen molar-refractivity contribution in [1.29, 1.82) is 0 Å². The highest BCUT2D eigenvalue weighted by molar-refractivity contribution is 5.90. The molecule has 21 heavy (non-hydrogen) atoms. The van der Waals surface area contributed by atoms with Gasteiger partial charge in [-0.3, -0.25) is 0 Å². The zero-order valence-electron chi connectivity index (χ0n) is 13.3. The van der Waals surface area contributed by atoms with Gasteiger partial charge in [-0.1, -0.05) is 50.8 Å². The van der Waals surface area contributed by atoms with Crippen LogP contribution in [0.15, 0.2) is 24.3 Å². The second-order valence-corrected chi connectivity index (χ2v) is 6.53. The average Bonchev–Trinajstić information content (AvgIpc) is 2.73. The lowest BCUT2D eigenvalue weighted by molar-refractivity contribution is -0.139. The van der Waals surface area contributed by atoms with Crippen LogP contribution < -0.4 is 0 Å². The van der Waals surface area contributed by atoms with Crippen LogP contribution in [0.4, 0.5) is 0 Å². The van der Waals surface area contributed by atoms with E-state index in [1.165, 1.54) is 64.2 Å². The maximum atomic E-state index is 11.7. The van der Waals surface area contributed by atoms with E-state index in [1.54, 1.807) is 0 Å². The summed E-state index contributed by atoms with van der Waals surface area (Å²) in [6.45, 7) is 3.96. The first-order chi connectivity index (χ1) is 10.3. The first kappa shape index (κ1) is 16.3. The molecule has 0 unspecified atom stereocenters. The molecule has 0 bridgehead atoms. The molecule has 1 fully saturated rings. The van der Waals surface area contributed by atoms with Crippen LogP contribution in [-0.2, 0) is 9.53 Å². The van der Waals surface area contributed by atoms with Gasteiger partial charge in [-0.15, -0.1) is 0 Å². The van der Waals surface area contributed by atoms with Gasteiger partial charge in [0.25, 0.3) is 0 Å². The third kappa shape index (κ3) is 5.33. The van der Waals surface area contributed by atoms with Gasteiger partial charge in [-0.05, 0) is 44.9 Å². The van der Waals surface area contributed by atoms with Crippen LogP contribution in [0.1, 0.15) is 77.0 Å². The maximum Gasteiger partial charge on any atom is 0.334 e. The lowest BCUT2D eigenvalue weighted by Crippen LogP contribution is -2.16. The molecular formula is C19H30O2. The molecule has 0 aromatic rings. The van der Waals surface area contributed by atoms with Crippen molar-refractivity contribution in [3.63, 3.8) is 0 Å². The molecule has 0 saturated carbocycles. The van der Waals surface area contributed by atoms with Gasteiger partial charge in [0.15, 0.2) is 0 Å². The summed E-state index contributed by atoms with van der Waals surface area (Å²) >= 11 is 0. The van der Waals surface area contributed by atoms with Crippen molar-refractivity contribution in [2.24, 2.45) is 5.92 Å². The summed E-state index contributed by atoms with van der Waals surface area (Å²) in [4.78, 5) is 11.7. The van der Waals surface area contributed by atoms with Crippen LogP contribution >= 0.6 is 0 Å². The minimum absolute atomic E-state index is 0.109. The monoisotopic (exact) mass is 290 g/mol. The summed E-state index contributed by atoms with van der Waals surface area (Å²) in [5, 5.41) is 0. The number of hydrogen-bond acceptors (Lipinski definition) is 2. The first-order valence-electron chi connectivity index (χ1n) is 8.84. The van der Waals surface area contributed by atoms with E-state index in [0.29, 0.717) is 0 Å². The number of ether oxygens (including phenoxy) is 1. The third-order valence-corrected chi connectivity index (χ3v) is 4.83. The Morgan fingerprint density at radius 1 is 0.857 bits per heavy atom. The lowest BCUT2D eigenvalue weighted by atomic mass is 9.88. The average molecular weight is 290 g/mol. The quantitative estimate of drug-likeness (QED) is 0.342. The molecular weight excluding hydrogens is 260 g/mol. The van der Waals surface area contributed by atoms with Gasteiger partial charge in [0.2, 0.25) is 0 Å². The molecule has 0 spiro atoms. The Balaban J connectivity index is 1.85. The summed E-state index contributed by atoms with van der Waals surface area (Å²) in [7, 11) is 0. The van der Waals surface area contributed by atoms with Crippen molar-refractivity contribution >= 4 is 5.97 Å². The number of rotatable bonds is 0. The summed E-state index contributed by atoms with van der Waals surface area (Å²) in [6.07, 6.45) is 19.4. The molecule has 0 N–H and O–H groups in total. The van der Waals surface area contributed by atoms with E-state index in [9.17, 15) is 4.79 Å². The molecule has 0 amide bonds. The molecule has 2 atom stereocenters. The van der Waals surface area contributed by atoms with Crippen molar-refractivity contribution < 1.29 is 9.53 Å². The lowest BCUT2D eigenvalue weighted by Gasteiger charge is -2.17. The molecule has 1 aliphatic carbocycles. The van der Waals surface area contributed by atoms with E-state index in [1.807, 2.05) is 0 Å². The van der Waals surface area contributed by atoms with E-state index < -0.39 is 0 Å². The molecule has 1 heterocycles. The van der Waals surface area contributed by atoms with E-state index in [2.05, 4.69) is 18.7 Å². The number of carbonyl (C=O) groups is 1. The molecule has 0 radical (unpaired) electrons. The Hall–Kier alpha value is -1.05. The van der Waals surface area contributed by atoms with E-state index in [4.69, 9.17) is 4.74 Å². The van der Waals surface area contributed by atoms with Gasteiger partial charge < -0.3 is 4.74 Å². The Morgan fingerprint density at radius 2 is 1.43 bits per heavy atom. The number of esters is 1. The van der Waals surface area contributed by atoms with Gasteiger partial charge in [-0.2, -0.15) is 0 Å². The highest BCUT2D eigenvalue weighted by Gasteiger charge is 2.37. The highest BCUT2D eigenvalue weighted by atomic mass is 16.6. The topological polar surface area (TPSA) is 26.3 Å². The van der Waals surface area contributed by atoms with E-state index in [0.717, 1.165) is 18.4 Å². The minimum Gasteiger partial charge on any atom is -0.458 e. The van der Waals surface area contributed by atoms with Crippen molar-refractivity contribution in [3.05, 3.63) is 24.3 Å². The fourth-order valence-corrected chi connectivity index (χ4v) is 3.47. The Morgan fingerprint density at radius 3 is 2.19 bits per heavy atom. The van der Waals surface area contributed by atoms with Crippen LogP contribution in [0.3, 0.4) is 0 Å². The zero-order valence-corrected chi connectivity index (χ0v) is 13.3. The molecule has 2 nitrogen and oxygen atoms in total. The van der Waals surface area contributed by atoms with E-state index >= 15 is 0 Å². The van der Waals surface area contributed by atoms with Crippen molar-refractivity contribution in [3.8, 4) is 0 Å². The SMILES string of the molecule is C=C1C(=O)O[C@H]2CCCCCCC/C=C/CCCCC[C@@H]12. The highest BCUT2D eigenvalue weighted by Crippen LogP contribution is 2.34. The number of carbonyl (C=O) groups excluding carboxylic acids is 1. The molecule has 1 saturated heterocycles. The Kier molecular flexibility index (Phi) is 7.05. The predicted molar refractivity (Wildman–Crippen MR) is 87.1 cm³/mol. The Labute approximate surface area is 129 Å². The normalized spacial score (nSPS) is 31.4. The van der Waals surface area contributed by atoms with Gasteiger partial charge in [-0.25, -0.2) is 4.79 Å². The summed E-state index contributed by atoms with van der Waals surface area (Å²) < 4.78 is 5.53. The van der Waals surface area contributed by atoms with Crippen LogP contribution in [0.25, 0.3) is 0 Å². The number of fused-ring (bicyclic) bond motifs is 1. The van der Waals surface area contributed by atoms with Crippen molar-refractivity contribution in [2.45, 2.75) is 83.2 Å². The maximum absolute atomic E-state index is 11.7. The molecule has 1 aliphatic heterocycles. The van der Waals surface area contributed by atoms with Gasteiger partial charge in [0, 0.05) is 11.5 Å². The fourth-order valence-electron chi connectivity index (χ4n) is 3.47. The Bertz CT molecular complexity index is 370. The summed E-state index contributed by atoms with van der Waals surface area (Å²) in [6, 6.07) is 0. The van der Waals surface area contributed by atoms with Crippen LogP contribution in [0.2, 0.25) is 0 Å². The van der Waals surface area contributed by atoms with E-state index in [-0.39, 0.29) is 18.0 Å². The van der Waals surface area contributed by atoms with Crippen LogP contribution in [-0.4, -0.2) is 12.1 Å². The summed E-state index contributed by atoms with van der Waals surface area (Å²) in [5.74, 6) is 0.131. The van der Waals surface area contributed by atoms with Gasteiger partial charge in [0.1, 0.15) is 6.10 Å². The second kappa shape index (κ2) is 9.07. The van der Waals surface area contributed by atoms with Crippen LogP contribution in [0, 0.1) is 5.92 Å². The number of hydrogen-bond donors (Lipinski definition) is 0. The minimum atomic E-state index is -0.147. The smallest absolute Gasteiger partial charge is 0.334 e. The first-order valence-corrected chi connectivity index (χ1v) is 8.84. The molecule has 2 rings (SSSR count). The van der Waals surface area contributed by atoms with Crippen molar-refractivity contribution in [1.82, 2.24) is 0 Å².